The van der Waals surface area contributed by atoms with Crippen LogP contribution < -0.4 is 4.74 Å². The third kappa shape index (κ3) is 2.14. The Morgan fingerprint density at radius 3 is 2.79 bits per heavy atom. The number of non-ortho nitro benzene ring substituents is 1. The lowest BCUT2D eigenvalue weighted by atomic mass is 9.94. The molecule has 1 aliphatic heterocycles. The van der Waals surface area contributed by atoms with E-state index < -0.39 is 22.3 Å². The number of methoxy groups -OCH3 is 1. The summed E-state index contributed by atoms with van der Waals surface area (Å²) in [5, 5.41) is 10.7. The molecule has 2 rings (SSSR count). The molecule has 0 amide bonds. The van der Waals surface area contributed by atoms with Gasteiger partial charge in [-0.1, -0.05) is 0 Å². The second-order valence-corrected chi connectivity index (χ2v) is 4.35. The zero-order valence-corrected chi connectivity index (χ0v) is 10.3. The lowest BCUT2D eigenvalue weighted by molar-refractivity contribution is -0.384. The number of benzene rings is 1. The fourth-order valence-electron chi connectivity index (χ4n) is 1.94. The van der Waals surface area contributed by atoms with Gasteiger partial charge in [0.1, 0.15) is 5.75 Å². The summed E-state index contributed by atoms with van der Waals surface area (Å²) in [5.41, 5.74) is -1.45. The fourth-order valence-corrected chi connectivity index (χ4v) is 1.94. The summed E-state index contributed by atoms with van der Waals surface area (Å²) in [5.74, 6) is -0.809. The normalized spacial score (nSPS) is 20.6. The van der Waals surface area contributed by atoms with Gasteiger partial charge in [0.05, 0.1) is 24.0 Å². The van der Waals surface area contributed by atoms with E-state index in [1.165, 1.54) is 26.2 Å². The molecule has 0 aromatic heterocycles. The number of Topliss-reactive ketones (excluding diaryl/α,β-unsaturated/α-hetero) is 1. The van der Waals surface area contributed by atoms with Crippen LogP contribution in [0.25, 0.3) is 0 Å². The van der Waals surface area contributed by atoms with Crippen LogP contribution in [0.5, 0.6) is 5.75 Å². The second-order valence-electron chi connectivity index (χ2n) is 4.35. The number of ketones is 1. The molecule has 1 aromatic carbocycles. The summed E-state index contributed by atoms with van der Waals surface area (Å²) in [6.45, 7) is 1.46. The van der Waals surface area contributed by atoms with Gasteiger partial charge in [0.15, 0.2) is 5.60 Å². The Morgan fingerprint density at radius 1 is 1.53 bits per heavy atom. The Kier molecular flexibility index (Phi) is 2.97. The molecule has 1 unspecified atom stereocenters. The van der Waals surface area contributed by atoms with Crippen LogP contribution in [0, 0.1) is 10.1 Å². The molecule has 100 valence electrons. The van der Waals surface area contributed by atoms with Crippen LogP contribution in [0.2, 0.25) is 0 Å². The van der Waals surface area contributed by atoms with Crippen molar-refractivity contribution in [3.63, 3.8) is 0 Å². The van der Waals surface area contributed by atoms with Gasteiger partial charge in [-0.05, 0) is 13.0 Å². The average Bonchev–Trinajstić information content (AvgIpc) is 2.61. The maximum absolute atomic E-state index is 12.2. The molecule has 0 fully saturated rings. The van der Waals surface area contributed by atoms with Crippen molar-refractivity contribution in [1.29, 1.82) is 0 Å². The Hall–Kier alpha value is -2.44. The van der Waals surface area contributed by atoms with E-state index in [9.17, 15) is 19.7 Å². The van der Waals surface area contributed by atoms with E-state index in [4.69, 9.17) is 4.74 Å². The number of fused-ring (bicyclic) bond motifs is 1. The lowest BCUT2D eigenvalue weighted by Crippen LogP contribution is -2.39. The molecule has 7 nitrogen and oxygen atoms in total. The van der Waals surface area contributed by atoms with Crippen molar-refractivity contribution in [3.8, 4) is 5.75 Å². The number of esters is 1. The molecule has 1 atom stereocenters. The summed E-state index contributed by atoms with van der Waals surface area (Å²) >= 11 is 0. The first-order valence-electron chi connectivity index (χ1n) is 5.46. The molecular weight excluding hydrogens is 254 g/mol. The van der Waals surface area contributed by atoms with Crippen molar-refractivity contribution < 1.29 is 24.0 Å². The van der Waals surface area contributed by atoms with E-state index in [0.29, 0.717) is 0 Å². The maximum Gasteiger partial charge on any atom is 0.310 e. The number of carbonyl (C=O) groups is 2. The zero-order valence-electron chi connectivity index (χ0n) is 10.3. The van der Waals surface area contributed by atoms with Gasteiger partial charge in [0.25, 0.3) is 5.69 Å². The number of nitro benzene ring substituents is 1. The van der Waals surface area contributed by atoms with Crippen molar-refractivity contribution in [2.45, 2.75) is 18.9 Å². The van der Waals surface area contributed by atoms with Gasteiger partial charge in [-0.2, -0.15) is 0 Å². The van der Waals surface area contributed by atoms with Crippen LogP contribution in [-0.2, 0) is 9.53 Å². The monoisotopic (exact) mass is 265 g/mol. The molecule has 0 saturated heterocycles. The van der Waals surface area contributed by atoms with Gasteiger partial charge >= 0.3 is 5.97 Å². The number of hydrogen-bond acceptors (Lipinski definition) is 6. The zero-order chi connectivity index (χ0) is 14.2. The minimum absolute atomic E-state index is 0.112. The quantitative estimate of drug-likeness (QED) is 0.466. The van der Waals surface area contributed by atoms with Crippen LogP contribution in [0.15, 0.2) is 18.2 Å². The van der Waals surface area contributed by atoms with Gasteiger partial charge in [-0.15, -0.1) is 0 Å². The van der Waals surface area contributed by atoms with Crippen molar-refractivity contribution in [2.75, 3.05) is 7.11 Å². The van der Waals surface area contributed by atoms with Gasteiger partial charge in [0, 0.05) is 12.1 Å². The number of carbonyl (C=O) groups excluding carboxylic acids is 2. The third-order valence-electron chi connectivity index (χ3n) is 2.94. The second kappa shape index (κ2) is 4.34. The maximum atomic E-state index is 12.2. The summed E-state index contributed by atoms with van der Waals surface area (Å²) in [4.78, 5) is 33.5. The summed E-state index contributed by atoms with van der Waals surface area (Å²) < 4.78 is 9.95. The van der Waals surface area contributed by atoms with E-state index in [1.54, 1.807) is 0 Å². The van der Waals surface area contributed by atoms with Gasteiger partial charge in [-0.25, -0.2) is 0 Å². The number of nitro groups is 1. The van der Waals surface area contributed by atoms with Crippen LogP contribution in [0.4, 0.5) is 5.69 Å². The number of rotatable bonds is 3. The predicted octanol–water partition coefficient (Wildman–Crippen LogP) is 1.49. The van der Waals surface area contributed by atoms with Crippen LogP contribution in [0.1, 0.15) is 23.7 Å². The Bertz CT molecular complexity index is 582. The molecule has 7 heteroatoms. The van der Waals surface area contributed by atoms with Crippen molar-refractivity contribution in [2.24, 2.45) is 0 Å². The topological polar surface area (TPSA) is 95.7 Å². The SMILES string of the molecule is COC(=O)CC1(C)Oc2ccc([N+](=O)[O-])cc2C1=O. The highest BCUT2D eigenvalue weighted by molar-refractivity contribution is 6.09. The largest absolute Gasteiger partial charge is 0.478 e. The van der Waals surface area contributed by atoms with Crippen LogP contribution in [0.3, 0.4) is 0 Å². The van der Waals surface area contributed by atoms with Crippen LogP contribution in [-0.4, -0.2) is 29.4 Å². The summed E-state index contributed by atoms with van der Waals surface area (Å²) in [6.07, 6.45) is -0.245. The number of hydrogen-bond donors (Lipinski definition) is 0. The standard InChI is InChI=1S/C12H11NO6/c1-12(6-10(14)18-2)11(15)8-5-7(13(16)17)3-4-9(8)19-12/h3-5H,6H2,1-2H3. The molecule has 0 aliphatic carbocycles. The average molecular weight is 265 g/mol. The van der Waals surface area contributed by atoms with E-state index >= 15 is 0 Å². The first-order chi connectivity index (χ1) is 8.87. The summed E-state index contributed by atoms with van der Waals surface area (Å²) in [6, 6.07) is 3.75. The fraction of sp³-hybridized carbons (Fsp3) is 0.333. The number of nitrogens with zero attached hydrogens (tertiary/aromatic N) is 1. The van der Waals surface area contributed by atoms with E-state index in [-0.39, 0.29) is 23.4 Å². The molecule has 1 aliphatic rings. The minimum atomic E-state index is -1.37. The minimum Gasteiger partial charge on any atom is -0.478 e. The summed E-state index contributed by atoms with van der Waals surface area (Å²) in [7, 11) is 1.21. The molecule has 0 radical (unpaired) electrons. The Balaban J connectivity index is 2.36. The lowest BCUT2D eigenvalue weighted by Gasteiger charge is -2.20. The highest BCUT2D eigenvalue weighted by Gasteiger charge is 2.46. The molecule has 0 saturated carbocycles. The highest BCUT2D eigenvalue weighted by atomic mass is 16.6. The molecule has 19 heavy (non-hydrogen) atoms. The van der Waals surface area contributed by atoms with Crippen molar-refractivity contribution in [1.82, 2.24) is 0 Å². The number of ether oxygens (including phenoxy) is 2. The molecule has 1 aromatic rings. The smallest absolute Gasteiger partial charge is 0.310 e. The highest BCUT2D eigenvalue weighted by Crippen LogP contribution is 2.38. The van der Waals surface area contributed by atoms with Gasteiger partial charge in [0.2, 0.25) is 5.78 Å². The van der Waals surface area contributed by atoms with Gasteiger partial charge < -0.3 is 9.47 Å². The van der Waals surface area contributed by atoms with Gasteiger partial charge in [-0.3, -0.25) is 19.7 Å². The molecule has 1 heterocycles. The molecular formula is C12H11NO6. The van der Waals surface area contributed by atoms with E-state index in [2.05, 4.69) is 4.74 Å². The first-order valence-corrected chi connectivity index (χ1v) is 5.46. The van der Waals surface area contributed by atoms with Crippen LogP contribution >= 0.6 is 0 Å². The van der Waals surface area contributed by atoms with E-state index in [0.717, 1.165) is 6.07 Å². The van der Waals surface area contributed by atoms with Crippen molar-refractivity contribution in [3.05, 3.63) is 33.9 Å². The first kappa shape index (κ1) is 13.0. The molecule has 0 spiro atoms. The van der Waals surface area contributed by atoms with Crippen molar-refractivity contribution >= 4 is 17.4 Å². The third-order valence-corrected chi connectivity index (χ3v) is 2.94. The molecule has 0 N–H and O–H groups in total. The Labute approximate surface area is 108 Å². The molecule has 0 bridgehead atoms. The van der Waals surface area contributed by atoms with E-state index in [1.807, 2.05) is 0 Å². The predicted molar refractivity (Wildman–Crippen MR) is 63.1 cm³/mol. The Morgan fingerprint density at radius 2 is 2.21 bits per heavy atom.